The van der Waals surface area contributed by atoms with Gasteiger partial charge in [-0.05, 0) is 53.1 Å². The Morgan fingerprint density at radius 2 is 1.14 bits per heavy atom. The average molecular weight is 358 g/mol. The summed E-state index contributed by atoms with van der Waals surface area (Å²) in [5, 5.41) is 9.15. The minimum atomic E-state index is 0.197. The lowest BCUT2D eigenvalue weighted by atomic mass is 9.80. The molecule has 0 saturated heterocycles. The number of para-hydroxylation sites is 2. The summed E-state index contributed by atoms with van der Waals surface area (Å²) in [6.45, 7) is 0. The van der Waals surface area contributed by atoms with Crippen LogP contribution in [0.25, 0.3) is 0 Å². The third-order valence-corrected chi connectivity index (χ3v) is 5.36. The van der Waals surface area contributed by atoms with Crippen molar-refractivity contribution in [1.29, 1.82) is 5.26 Å². The Balaban J connectivity index is 1.76. The zero-order valence-corrected chi connectivity index (χ0v) is 15.3. The van der Waals surface area contributed by atoms with E-state index in [9.17, 15) is 0 Å². The largest absolute Gasteiger partial charge is 0.310 e. The predicted octanol–water partition coefficient (Wildman–Crippen LogP) is 6.52. The molecule has 1 aliphatic rings. The molecule has 4 aromatic rings. The quantitative estimate of drug-likeness (QED) is 0.359. The SMILES string of the molecule is N#Cc1ccc(N2c3ccccc3C(c3ccccc3)c3ccccc32)cc1. The molecular formula is C26H18N2. The van der Waals surface area contributed by atoms with E-state index in [0.717, 1.165) is 5.69 Å². The van der Waals surface area contributed by atoms with Crippen LogP contribution in [0.15, 0.2) is 103 Å². The molecule has 0 atom stereocenters. The molecule has 0 amide bonds. The van der Waals surface area contributed by atoms with Crippen molar-refractivity contribution < 1.29 is 0 Å². The third-order valence-electron chi connectivity index (χ3n) is 5.36. The molecule has 0 fully saturated rings. The van der Waals surface area contributed by atoms with Crippen molar-refractivity contribution >= 4 is 17.1 Å². The molecule has 2 heteroatoms. The Hall–Kier alpha value is -3.83. The van der Waals surface area contributed by atoms with Gasteiger partial charge in [-0.2, -0.15) is 5.26 Å². The molecule has 5 rings (SSSR count). The van der Waals surface area contributed by atoms with Gasteiger partial charge in [0.25, 0.3) is 0 Å². The number of hydrogen-bond donors (Lipinski definition) is 0. The Labute approximate surface area is 164 Å². The van der Waals surface area contributed by atoms with E-state index in [-0.39, 0.29) is 5.92 Å². The molecule has 0 radical (unpaired) electrons. The summed E-state index contributed by atoms with van der Waals surface area (Å²) in [6.07, 6.45) is 0. The molecule has 0 aliphatic carbocycles. The maximum Gasteiger partial charge on any atom is 0.0991 e. The van der Waals surface area contributed by atoms with E-state index in [1.165, 1.54) is 28.1 Å². The molecule has 0 N–H and O–H groups in total. The number of nitriles is 1. The Morgan fingerprint density at radius 3 is 1.71 bits per heavy atom. The van der Waals surface area contributed by atoms with Crippen LogP contribution in [0, 0.1) is 11.3 Å². The number of benzene rings is 4. The van der Waals surface area contributed by atoms with E-state index >= 15 is 0 Å². The van der Waals surface area contributed by atoms with E-state index in [0.29, 0.717) is 5.56 Å². The van der Waals surface area contributed by atoms with Crippen LogP contribution in [0.3, 0.4) is 0 Å². The number of rotatable bonds is 2. The van der Waals surface area contributed by atoms with Crippen molar-refractivity contribution in [3.8, 4) is 6.07 Å². The highest BCUT2D eigenvalue weighted by Gasteiger charge is 2.31. The summed E-state index contributed by atoms with van der Waals surface area (Å²) in [4.78, 5) is 2.30. The molecule has 0 unspecified atom stereocenters. The predicted molar refractivity (Wildman–Crippen MR) is 113 cm³/mol. The van der Waals surface area contributed by atoms with Crippen molar-refractivity contribution in [3.05, 3.63) is 125 Å². The molecule has 0 bridgehead atoms. The lowest BCUT2D eigenvalue weighted by Crippen LogP contribution is -2.22. The van der Waals surface area contributed by atoms with Crippen LogP contribution in [0.2, 0.25) is 0 Å². The normalized spacial score (nSPS) is 12.8. The van der Waals surface area contributed by atoms with Crippen molar-refractivity contribution in [3.63, 3.8) is 0 Å². The Bertz CT molecular complexity index is 1120. The van der Waals surface area contributed by atoms with E-state index in [2.05, 4.69) is 89.8 Å². The van der Waals surface area contributed by atoms with Crippen LogP contribution in [0.1, 0.15) is 28.2 Å². The molecule has 1 aliphatic heterocycles. The summed E-state index contributed by atoms with van der Waals surface area (Å²) in [5.41, 5.74) is 7.96. The van der Waals surface area contributed by atoms with Crippen LogP contribution < -0.4 is 4.90 Å². The van der Waals surface area contributed by atoms with Gasteiger partial charge in [-0.25, -0.2) is 0 Å². The Morgan fingerprint density at radius 1 is 0.607 bits per heavy atom. The molecule has 4 aromatic carbocycles. The van der Waals surface area contributed by atoms with Crippen LogP contribution in [0.4, 0.5) is 17.1 Å². The Kier molecular flexibility index (Phi) is 3.92. The van der Waals surface area contributed by atoms with Crippen LogP contribution in [-0.4, -0.2) is 0 Å². The summed E-state index contributed by atoms with van der Waals surface area (Å²) < 4.78 is 0. The molecule has 28 heavy (non-hydrogen) atoms. The molecule has 0 saturated carbocycles. The second-order valence-corrected chi connectivity index (χ2v) is 6.96. The topological polar surface area (TPSA) is 27.0 Å². The maximum absolute atomic E-state index is 9.15. The van der Waals surface area contributed by atoms with Gasteiger partial charge in [0.1, 0.15) is 0 Å². The maximum atomic E-state index is 9.15. The molecule has 2 nitrogen and oxygen atoms in total. The van der Waals surface area contributed by atoms with Gasteiger partial charge >= 0.3 is 0 Å². The van der Waals surface area contributed by atoms with E-state index in [1.54, 1.807) is 0 Å². The van der Waals surface area contributed by atoms with Crippen molar-refractivity contribution in [2.45, 2.75) is 5.92 Å². The van der Waals surface area contributed by atoms with Crippen LogP contribution in [-0.2, 0) is 0 Å². The third kappa shape index (κ3) is 2.57. The van der Waals surface area contributed by atoms with Crippen LogP contribution >= 0.6 is 0 Å². The molecular weight excluding hydrogens is 340 g/mol. The van der Waals surface area contributed by atoms with Crippen molar-refractivity contribution in [2.75, 3.05) is 4.90 Å². The van der Waals surface area contributed by atoms with Gasteiger partial charge in [-0.3, -0.25) is 0 Å². The van der Waals surface area contributed by atoms with E-state index in [4.69, 9.17) is 5.26 Å². The monoisotopic (exact) mass is 358 g/mol. The second-order valence-electron chi connectivity index (χ2n) is 6.96. The number of anilines is 3. The van der Waals surface area contributed by atoms with Gasteiger partial charge in [-0.15, -0.1) is 0 Å². The van der Waals surface area contributed by atoms with Gasteiger partial charge in [0, 0.05) is 11.6 Å². The fourth-order valence-electron chi connectivity index (χ4n) is 4.14. The summed E-state index contributed by atoms with van der Waals surface area (Å²) >= 11 is 0. The summed E-state index contributed by atoms with van der Waals surface area (Å²) in [5.74, 6) is 0.197. The average Bonchev–Trinajstić information content (AvgIpc) is 2.78. The fraction of sp³-hybridized carbons (Fsp3) is 0.0385. The summed E-state index contributed by atoms with van der Waals surface area (Å²) in [7, 11) is 0. The number of fused-ring (bicyclic) bond motifs is 2. The van der Waals surface area contributed by atoms with Gasteiger partial charge in [-0.1, -0.05) is 66.7 Å². The lowest BCUT2D eigenvalue weighted by molar-refractivity contribution is 0.939. The molecule has 132 valence electrons. The highest BCUT2D eigenvalue weighted by molar-refractivity contribution is 5.85. The standard InChI is InChI=1S/C26H18N2/c27-18-19-14-16-21(17-15-19)28-24-12-6-4-10-22(24)26(20-8-2-1-3-9-20)23-11-5-7-13-25(23)28/h1-17,26H. The minimum absolute atomic E-state index is 0.197. The van der Waals surface area contributed by atoms with E-state index < -0.39 is 0 Å². The first-order valence-electron chi connectivity index (χ1n) is 9.40. The first-order valence-corrected chi connectivity index (χ1v) is 9.40. The van der Waals surface area contributed by atoms with Crippen molar-refractivity contribution in [1.82, 2.24) is 0 Å². The lowest BCUT2D eigenvalue weighted by Gasteiger charge is -2.38. The molecule has 0 spiro atoms. The zero-order chi connectivity index (χ0) is 18.9. The highest BCUT2D eigenvalue weighted by Crippen LogP contribution is 2.50. The van der Waals surface area contributed by atoms with Crippen molar-refractivity contribution in [2.24, 2.45) is 0 Å². The van der Waals surface area contributed by atoms with Gasteiger partial charge in [0.05, 0.1) is 23.0 Å². The zero-order valence-electron chi connectivity index (χ0n) is 15.3. The minimum Gasteiger partial charge on any atom is -0.310 e. The smallest absolute Gasteiger partial charge is 0.0991 e. The van der Waals surface area contributed by atoms with Crippen LogP contribution in [0.5, 0.6) is 0 Å². The molecule has 0 aromatic heterocycles. The van der Waals surface area contributed by atoms with Gasteiger partial charge < -0.3 is 4.90 Å². The van der Waals surface area contributed by atoms with E-state index in [1.807, 2.05) is 24.3 Å². The highest BCUT2D eigenvalue weighted by atomic mass is 15.2. The fourth-order valence-corrected chi connectivity index (χ4v) is 4.14. The second kappa shape index (κ2) is 6.72. The first-order chi connectivity index (χ1) is 13.9. The van der Waals surface area contributed by atoms with Gasteiger partial charge in [0.2, 0.25) is 0 Å². The number of hydrogen-bond acceptors (Lipinski definition) is 2. The molecule has 1 heterocycles. The summed E-state index contributed by atoms with van der Waals surface area (Å²) in [6, 6.07) is 37.9. The van der Waals surface area contributed by atoms with Gasteiger partial charge in [0.15, 0.2) is 0 Å². The first kappa shape index (κ1) is 16.4. The number of nitrogens with zero attached hydrogens (tertiary/aromatic N) is 2.